The fourth-order valence-corrected chi connectivity index (χ4v) is 0.555. The molecule has 3 heteroatoms. The predicted octanol–water partition coefficient (Wildman–Crippen LogP) is 0.690. The van der Waals surface area contributed by atoms with Crippen LogP contribution in [-0.2, 0) is 4.84 Å². The van der Waals surface area contributed by atoms with Gasteiger partial charge in [-0.05, 0) is 19.3 Å². The van der Waals surface area contributed by atoms with Crippen molar-refractivity contribution in [2.45, 2.75) is 26.2 Å². The molecule has 0 amide bonds. The summed E-state index contributed by atoms with van der Waals surface area (Å²) in [5.41, 5.74) is 2.81. The highest BCUT2D eigenvalue weighted by molar-refractivity contribution is 4.37. The number of rotatable bonds is 7. The number of unbranched alkanes of at least 4 members (excludes halogenated alkanes) is 1. The van der Waals surface area contributed by atoms with Gasteiger partial charge in [0.2, 0.25) is 0 Å². The van der Waals surface area contributed by atoms with Crippen molar-refractivity contribution in [3.63, 3.8) is 0 Å². The summed E-state index contributed by atoms with van der Waals surface area (Å²) >= 11 is 0. The zero-order valence-corrected chi connectivity index (χ0v) is 6.60. The molecule has 0 aliphatic heterocycles. The van der Waals surface area contributed by atoms with E-state index >= 15 is 0 Å². The lowest BCUT2D eigenvalue weighted by Crippen LogP contribution is -2.16. The number of hydrogen-bond donors (Lipinski definition) is 2. The molecule has 0 aromatic rings. The first-order valence-electron chi connectivity index (χ1n) is 3.87. The zero-order chi connectivity index (χ0) is 7.66. The highest BCUT2D eigenvalue weighted by atomic mass is 16.6. The molecule has 10 heavy (non-hydrogen) atoms. The Balaban J connectivity index is 2.65. The van der Waals surface area contributed by atoms with Gasteiger partial charge in [0.25, 0.3) is 0 Å². The third-order valence-corrected chi connectivity index (χ3v) is 1.10. The fourth-order valence-electron chi connectivity index (χ4n) is 0.555. The third-order valence-electron chi connectivity index (χ3n) is 1.10. The van der Waals surface area contributed by atoms with Crippen LogP contribution in [0.5, 0.6) is 0 Å². The van der Waals surface area contributed by atoms with Crippen molar-refractivity contribution in [2.75, 3.05) is 19.8 Å². The van der Waals surface area contributed by atoms with Crippen LogP contribution in [0.25, 0.3) is 0 Å². The largest absolute Gasteiger partial charge is 0.396 e. The Morgan fingerprint density at radius 1 is 1.40 bits per heavy atom. The SMILES string of the molecule is CCCONCCCCO. The second-order valence-corrected chi connectivity index (χ2v) is 2.17. The summed E-state index contributed by atoms with van der Waals surface area (Å²) < 4.78 is 0. The molecule has 0 fully saturated rings. The van der Waals surface area contributed by atoms with Gasteiger partial charge in [0.15, 0.2) is 0 Å². The van der Waals surface area contributed by atoms with E-state index in [2.05, 4.69) is 12.4 Å². The number of hydroxylamine groups is 1. The smallest absolute Gasteiger partial charge is 0.0679 e. The summed E-state index contributed by atoms with van der Waals surface area (Å²) in [4.78, 5) is 5.00. The summed E-state index contributed by atoms with van der Waals surface area (Å²) in [7, 11) is 0. The average Bonchev–Trinajstić information content (AvgIpc) is 1.97. The van der Waals surface area contributed by atoms with Gasteiger partial charge >= 0.3 is 0 Å². The van der Waals surface area contributed by atoms with Crippen molar-refractivity contribution in [3.05, 3.63) is 0 Å². The average molecular weight is 147 g/mol. The fraction of sp³-hybridized carbons (Fsp3) is 1.00. The second kappa shape index (κ2) is 8.88. The second-order valence-electron chi connectivity index (χ2n) is 2.17. The highest BCUT2D eigenvalue weighted by Crippen LogP contribution is 1.83. The molecule has 0 aromatic carbocycles. The van der Waals surface area contributed by atoms with Crippen molar-refractivity contribution in [3.8, 4) is 0 Å². The maximum absolute atomic E-state index is 8.40. The van der Waals surface area contributed by atoms with Gasteiger partial charge in [0.1, 0.15) is 0 Å². The first-order valence-corrected chi connectivity index (χ1v) is 3.87. The van der Waals surface area contributed by atoms with Gasteiger partial charge < -0.3 is 9.94 Å². The van der Waals surface area contributed by atoms with Crippen LogP contribution in [-0.4, -0.2) is 24.9 Å². The zero-order valence-electron chi connectivity index (χ0n) is 6.60. The Morgan fingerprint density at radius 2 is 2.20 bits per heavy atom. The lowest BCUT2D eigenvalue weighted by molar-refractivity contribution is 0.0401. The number of hydrogen-bond acceptors (Lipinski definition) is 3. The van der Waals surface area contributed by atoms with Crippen LogP contribution in [0.2, 0.25) is 0 Å². The van der Waals surface area contributed by atoms with Crippen LogP contribution in [0.4, 0.5) is 0 Å². The van der Waals surface area contributed by atoms with E-state index in [1.54, 1.807) is 0 Å². The van der Waals surface area contributed by atoms with Gasteiger partial charge in [0, 0.05) is 13.2 Å². The Morgan fingerprint density at radius 3 is 2.80 bits per heavy atom. The van der Waals surface area contributed by atoms with E-state index in [0.717, 1.165) is 32.4 Å². The summed E-state index contributed by atoms with van der Waals surface area (Å²) in [5, 5.41) is 8.40. The number of aliphatic hydroxyl groups excluding tert-OH is 1. The van der Waals surface area contributed by atoms with Crippen LogP contribution < -0.4 is 5.48 Å². The van der Waals surface area contributed by atoms with Crippen molar-refractivity contribution < 1.29 is 9.94 Å². The van der Waals surface area contributed by atoms with Crippen LogP contribution in [0.3, 0.4) is 0 Å². The van der Waals surface area contributed by atoms with Gasteiger partial charge in [0.05, 0.1) is 6.61 Å². The molecule has 0 radical (unpaired) electrons. The van der Waals surface area contributed by atoms with E-state index in [4.69, 9.17) is 9.94 Å². The molecule has 2 N–H and O–H groups in total. The maximum atomic E-state index is 8.40. The van der Waals surface area contributed by atoms with Crippen LogP contribution in [0, 0.1) is 0 Å². The Labute approximate surface area is 62.3 Å². The standard InChI is InChI=1S/C7H17NO2/c1-2-7-10-8-5-3-4-6-9/h8-9H,2-7H2,1H3. The Bertz CT molecular complexity index is 51.6. The molecule has 0 unspecified atom stereocenters. The monoisotopic (exact) mass is 147 g/mol. The third kappa shape index (κ3) is 7.88. The maximum Gasteiger partial charge on any atom is 0.0679 e. The molecule has 62 valence electrons. The van der Waals surface area contributed by atoms with Gasteiger partial charge in [-0.2, -0.15) is 0 Å². The molecule has 0 aliphatic rings. The molecule has 3 nitrogen and oxygen atoms in total. The van der Waals surface area contributed by atoms with Crippen molar-refractivity contribution in [1.82, 2.24) is 5.48 Å². The number of nitrogens with one attached hydrogen (secondary N) is 1. The van der Waals surface area contributed by atoms with Gasteiger partial charge in [-0.15, -0.1) is 0 Å². The Kier molecular flexibility index (Phi) is 8.77. The first-order chi connectivity index (χ1) is 4.91. The molecule has 0 rings (SSSR count). The van der Waals surface area contributed by atoms with Gasteiger partial charge in [-0.1, -0.05) is 6.92 Å². The van der Waals surface area contributed by atoms with E-state index in [-0.39, 0.29) is 6.61 Å². The summed E-state index contributed by atoms with van der Waals surface area (Å²) in [5.74, 6) is 0. The minimum absolute atomic E-state index is 0.273. The molecule has 0 bridgehead atoms. The van der Waals surface area contributed by atoms with Crippen LogP contribution >= 0.6 is 0 Å². The van der Waals surface area contributed by atoms with Crippen molar-refractivity contribution >= 4 is 0 Å². The minimum atomic E-state index is 0.273. The first kappa shape index (κ1) is 9.88. The minimum Gasteiger partial charge on any atom is -0.396 e. The quantitative estimate of drug-likeness (QED) is 0.411. The molecule has 0 aliphatic carbocycles. The van der Waals surface area contributed by atoms with Crippen molar-refractivity contribution in [1.29, 1.82) is 0 Å². The summed E-state index contributed by atoms with van der Waals surface area (Å²) in [6.45, 7) is 3.94. The van der Waals surface area contributed by atoms with E-state index in [1.807, 2.05) is 0 Å². The molecule has 0 spiro atoms. The van der Waals surface area contributed by atoms with Crippen molar-refractivity contribution in [2.24, 2.45) is 0 Å². The number of aliphatic hydroxyl groups is 1. The summed E-state index contributed by atoms with van der Waals surface area (Å²) in [6, 6.07) is 0. The Hall–Kier alpha value is -0.120. The summed E-state index contributed by atoms with van der Waals surface area (Å²) in [6.07, 6.45) is 2.86. The lowest BCUT2D eigenvalue weighted by atomic mass is 10.3. The molecule has 0 saturated carbocycles. The van der Waals surface area contributed by atoms with Crippen LogP contribution in [0.1, 0.15) is 26.2 Å². The van der Waals surface area contributed by atoms with Crippen LogP contribution in [0.15, 0.2) is 0 Å². The molecule has 0 heterocycles. The lowest BCUT2D eigenvalue weighted by Gasteiger charge is -2.02. The van der Waals surface area contributed by atoms with E-state index in [1.165, 1.54) is 0 Å². The van der Waals surface area contributed by atoms with Gasteiger partial charge in [-0.25, -0.2) is 5.48 Å². The van der Waals surface area contributed by atoms with E-state index in [9.17, 15) is 0 Å². The highest BCUT2D eigenvalue weighted by Gasteiger charge is 1.85. The molecular weight excluding hydrogens is 130 g/mol. The van der Waals surface area contributed by atoms with Gasteiger partial charge in [-0.3, -0.25) is 0 Å². The topological polar surface area (TPSA) is 41.5 Å². The molecular formula is C7H17NO2. The van der Waals surface area contributed by atoms with E-state index < -0.39 is 0 Å². The van der Waals surface area contributed by atoms with E-state index in [0.29, 0.717) is 0 Å². The molecule has 0 saturated heterocycles. The molecule has 0 aromatic heterocycles. The predicted molar refractivity (Wildman–Crippen MR) is 40.6 cm³/mol. The normalized spacial score (nSPS) is 10.2. The molecule has 0 atom stereocenters.